The Morgan fingerprint density at radius 1 is 1.19 bits per heavy atom. The second-order valence-electron chi connectivity index (χ2n) is 5.95. The van der Waals surface area contributed by atoms with Crippen LogP contribution in [0.5, 0.6) is 0 Å². The molecule has 2 aromatic heterocycles. The summed E-state index contributed by atoms with van der Waals surface area (Å²) in [6.45, 7) is 1.99. The third kappa shape index (κ3) is 1.84. The molecule has 21 heavy (non-hydrogen) atoms. The van der Waals surface area contributed by atoms with E-state index in [2.05, 4.69) is 50.4 Å². The Kier molecular flexibility index (Phi) is 2.48. The normalized spacial score (nSPS) is 21.6. The highest BCUT2D eigenvalue weighted by Crippen LogP contribution is 2.42. The van der Waals surface area contributed by atoms with Crippen LogP contribution in [0.25, 0.3) is 20.8 Å². The molecule has 1 unspecified atom stereocenters. The zero-order chi connectivity index (χ0) is 13.8. The van der Waals surface area contributed by atoms with Crippen LogP contribution in [0.2, 0.25) is 0 Å². The van der Waals surface area contributed by atoms with Gasteiger partial charge in [-0.25, -0.2) is 0 Å². The monoisotopic (exact) mass is 296 g/mol. The number of rotatable bonds is 2. The molecule has 5 heteroatoms. The van der Waals surface area contributed by atoms with Gasteiger partial charge in [0.1, 0.15) is 0 Å². The van der Waals surface area contributed by atoms with Crippen LogP contribution < -0.4 is 5.32 Å². The van der Waals surface area contributed by atoms with Crippen LogP contribution in [0.15, 0.2) is 30.3 Å². The smallest absolute Gasteiger partial charge is 0.174 e. The number of hydrogen-bond donors (Lipinski definition) is 1. The predicted molar refractivity (Wildman–Crippen MR) is 84.3 cm³/mol. The first-order chi connectivity index (χ1) is 10.4. The zero-order valence-corrected chi connectivity index (χ0v) is 12.4. The lowest BCUT2D eigenvalue weighted by Gasteiger charge is -2.24. The molecule has 4 nitrogen and oxygen atoms in total. The molecule has 5 rings (SSSR count). The average Bonchev–Trinajstić information content (AvgIpc) is 3.12. The number of nitrogens with zero attached hydrogens (tertiary/aromatic N) is 3. The molecule has 0 bridgehead atoms. The van der Waals surface area contributed by atoms with Crippen molar-refractivity contribution in [1.82, 2.24) is 20.1 Å². The summed E-state index contributed by atoms with van der Waals surface area (Å²) < 4.78 is 3.64. The molecule has 1 aliphatic heterocycles. The number of benzene rings is 1. The molecule has 0 radical (unpaired) electrons. The van der Waals surface area contributed by atoms with Crippen LogP contribution in [0, 0.1) is 5.92 Å². The van der Waals surface area contributed by atoms with E-state index >= 15 is 0 Å². The molecule has 2 aliphatic rings. The Balaban J connectivity index is 1.63. The number of hydrogen-bond acceptors (Lipinski definition) is 4. The zero-order valence-electron chi connectivity index (χ0n) is 11.6. The maximum Gasteiger partial charge on any atom is 0.174 e. The summed E-state index contributed by atoms with van der Waals surface area (Å²) in [5.41, 5.74) is 0. The van der Waals surface area contributed by atoms with Gasteiger partial charge < -0.3 is 9.88 Å². The van der Waals surface area contributed by atoms with E-state index < -0.39 is 0 Å². The Morgan fingerprint density at radius 3 is 2.95 bits per heavy atom. The fourth-order valence-electron chi connectivity index (χ4n) is 3.27. The summed E-state index contributed by atoms with van der Waals surface area (Å²) in [7, 11) is 0. The van der Waals surface area contributed by atoms with Crippen molar-refractivity contribution in [2.24, 2.45) is 5.92 Å². The number of aromatic nitrogens is 3. The minimum Gasteiger partial charge on any atom is -0.308 e. The highest BCUT2D eigenvalue weighted by atomic mass is 32.1. The van der Waals surface area contributed by atoms with E-state index in [9.17, 15) is 0 Å². The van der Waals surface area contributed by atoms with E-state index in [-0.39, 0.29) is 0 Å². The van der Waals surface area contributed by atoms with Gasteiger partial charge in [-0.15, -0.1) is 21.5 Å². The van der Waals surface area contributed by atoms with Gasteiger partial charge in [-0.2, -0.15) is 0 Å². The molecule has 1 aliphatic carbocycles. The third-order valence-corrected chi connectivity index (χ3v) is 5.61. The highest BCUT2D eigenvalue weighted by molar-refractivity contribution is 7.22. The second kappa shape index (κ2) is 4.39. The molecule has 3 heterocycles. The van der Waals surface area contributed by atoms with Crippen molar-refractivity contribution in [2.45, 2.75) is 25.4 Å². The van der Waals surface area contributed by atoms with Crippen molar-refractivity contribution < 1.29 is 0 Å². The Labute approximate surface area is 126 Å². The van der Waals surface area contributed by atoms with Crippen LogP contribution in [-0.4, -0.2) is 21.3 Å². The van der Waals surface area contributed by atoms with Gasteiger partial charge >= 0.3 is 0 Å². The molecule has 1 saturated carbocycles. The molecule has 3 aromatic rings. The van der Waals surface area contributed by atoms with E-state index in [1.165, 1.54) is 27.8 Å². The second-order valence-corrected chi connectivity index (χ2v) is 7.03. The minimum absolute atomic E-state index is 0.411. The van der Waals surface area contributed by atoms with Crippen LogP contribution in [-0.2, 0) is 6.54 Å². The molecule has 1 aromatic carbocycles. The van der Waals surface area contributed by atoms with E-state index in [4.69, 9.17) is 0 Å². The van der Waals surface area contributed by atoms with Crippen molar-refractivity contribution in [3.63, 3.8) is 0 Å². The average molecular weight is 296 g/mol. The van der Waals surface area contributed by atoms with Crippen LogP contribution >= 0.6 is 11.3 Å². The highest BCUT2D eigenvalue weighted by Gasteiger charge is 2.37. The quantitative estimate of drug-likeness (QED) is 0.789. The van der Waals surface area contributed by atoms with Crippen molar-refractivity contribution >= 4 is 21.4 Å². The van der Waals surface area contributed by atoms with E-state index in [1.54, 1.807) is 0 Å². The summed E-state index contributed by atoms with van der Waals surface area (Å²) >= 11 is 1.81. The SMILES string of the molecule is c1ccc2sc(-c3nnc4n3CCNC4C3CC3)cc2c1. The number of fused-ring (bicyclic) bond motifs is 2. The topological polar surface area (TPSA) is 42.7 Å². The lowest BCUT2D eigenvalue weighted by Crippen LogP contribution is -2.35. The van der Waals surface area contributed by atoms with Crippen molar-refractivity contribution in [3.8, 4) is 10.7 Å². The van der Waals surface area contributed by atoms with Gasteiger partial charge in [0.2, 0.25) is 0 Å². The summed E-state index contributed by atoms with van der Waals surface area (Å²) in [5.74, 6) is 2.94. The van der Waals surface area contributed by atoms with Gasteiger partial charge in [-0.1, -0.05) is 18.2 Å². The molecule has 1 atom stereocenters. The van der Waals surface area contributed by atoms with Gasteiger partial charge in [-0.05, 0) is 36.3 Å². The molecule has 0 spiro atoms. The molecule has 106 valence electrons. The predicted octanol–water partition coefficient (Wildman–Crippen LogP) is 3.21. The maximum absolute atomic E-state index is 4.51. The first kappa shape index (κ1) is 11.9. The van der Waals surface area contributed by atoms with E-state index in [0.717, 1.165) is 30.7 Å². The fraction of sp³-hybridized carbons (Fsp3) is 0.375. The van der Waals surface area contributed by atoms with Crippen molar-refractivity contribution in [1.29, 1.82) is 0 Å². The van der Waals surface area contributed by atoms with Crippen LogP contribution in [0.4, 0.5) is 0 Å². The number of nitrogens with one attached hydrogen (secondary N) is 1. The summed E-state index contributed by atoms with van der Waals surface area (Å²) in [5, 5.41) is 13.9. The Bertz CT molecular complexity index is 782. The van der Waals surface area contributed by atoms with Crippen LogP contribution in [0.1, 0.15) is 24.7 Å². The molecule has 0 amide bonds. The summed E-state index contributed by atoms with van der Waals surface area (Å²) in [4.78, 5) is 1.23. The van der Waals surface area contributed by atoms with Gasteiger partial charge in [0.15, 0.2) is 11.6 Å². The van der Waals surface area contributed by atoms with Gasteiger partial charge in [0, 0.05) is 17.8 Å². The van der Waals surface area contributed by atoms with E-state index in [1.807, 2.05) is 11.3 Å². The van der Waals surface area contributed by atoms with Gasteiger partial charge in [0.25, 0.3) is 0 Å². The minimum atomic E-state index is 0.411. The molecular formula is C16H16N4S. The van der Waals surface area contributed by atoms with Gasteiger partial charge in [-0.3, -0.25) is 0 Å². The molecular weight excluding hydrogens is 280 g/mol. The fourth-order valence-corrected chi connectivity index (χ4v) is 4.33. The lowest BCUT2D eigenvalue weighted by atomic mass is 10.1. The molecule has 0 saturated heterocycles. The van der Waals surface area contributed by atoms with E-state index in [0.29, 0.717) is 6.04 Å². The lowest BCUT2D eigenvalue weighted by molar-refractivity contribution is 0.383. The first-order valence-corrected chi connectivity index (χ1v) is 8.37. The van der Waals surface area contributed by atoms with Gasteiger partial charge in [0.05, 0.1) is 10.9 Å². The maximum atomic E-state index is 4.51. The molecule has 1 fully saturated rings. The summed E-state index contributed by atoms with van der Waals surface area (Å²) in [6.07, 6.45) is 2.64. The number of thiophene rings is 1. The largest absolute Gasteiger partial charge is 0.308 e. The first-order valence-electron chi connectivity index (χ1n) is 7.55. The van der Waals surface area contributed by atoms with Crippen molar-refractivity contribution in [2.75, 3.05) is 6.54 Å². The van der Waals surface area contributed by atoms with Crippen molar-refractivity contribution in [3.05, 3.63) is 36.2 Å². The molecule has 1 N–H and O–H groups in total. The Hall–Kier alpha value is -1.72. The van der Waals surface area contributed by atoms with Crippen LogP contribution in [0.3, 0.4) is 0 Å². The standard InChI is InChI=1S/C16H16N4S/c1-2-4-12-11(3-1)9-13(21-12)15-18-19-16-14(10-5-6-10)17-7-8-20(15)16/h1-4,9-10,14,17H,5-8H2. The third-order valence-electron chi connectivity index (χ3n) is 4.50. The summed E-state index contributed by atoms with van der Waals surface area (Å²) in [6, 6.07) is 11.2. The Morgan fingerprint density at radius 2 is 2.10 bits per heavy atom.